The van der Waals surface area contributed by atoms with Crippen LogP contribution in [-0.2, 0) is 6.54 Å². The summed E-state index contributed by atoms with van der Waals surface area (Å²) in [7, 11) is 0. The fourth-order valence-corrected chi connectivity index (χ4v) is 3.31. The predicted molar refractivity (Wildman–Crippen MR) is 89.4 cm³/mol. The SMILES string of the molecule is Clc1ccc2nc(CNc3ccc4sccc4c3)cn2c1. The number of hydrogen-bond acceptors (Lipinski definition) is 3. The Kier molecular flexibility index (Phi) is 3.05. The van der Waals surface area contributed by atoms with Crippen LogP contribution in [-0.4, -0.2) is 9.38 Å². The highest BCUT2D eigenvalue weighted by Gasteiger charge is 2.03. The van der Waals surface area contributed by atoms with E-state index in [0.717, 1.165) is 17.0 Å². The molecule has 0 saturated heterocycles. The second-order valence-electron chi connectivity index (χ2n) is 4.87. The van der Waals surface area contributed by atoms with Gasteiger partial charge in [-0.3, -0.25) is 0 Å². The number of imidazole rings is 1. The minimum atomic E-state index is 0.689. The Balaban J connectivity index is 1.56. The van der Waals surface area contributed by atoms with Crippen LogP contribution in [0.15, 0.2) is 54.2 Å². The lowest BCUT2D eigenvalue weighted by Crippen LogP contribution is -1.99. The van der Waals surface area contributed by atoms with Crippen molar-refractivity contribution in [3.05, 3.63) is 64.9 Å². The van der Waals surface area contributed by atoms with Crippen molar-refractivity contribution in [1.29, 1.82) is 0 Å². The molecule has 21 heavy (non-hydrogen) atoms. The van der Waals surface area contributed by atoms with Gasteiger partial charge < -0.3 is 9.72 Å². The average Bonchev–Trinajstić information content (AvgIpc) is 3.09. The number of pyridine rings is 1. The number of halogens is 1. The van der Waals surface area contributed by atoms with Gasteiger partial charge in [-0.2, -0.15) is 0 Å². The molecule has 0 amide bonds. The van der Waals surface area contributed by atoms with Crippen LogP contribution in [0.3, 0.4) is 0 Å². The van der Waals surface area contributed by atoms with Gasteiger partial charge >= 0.3 is 0 Å². The summed E-state index contributed by atoms with van der Waals surface area (Å²) >= 11 is 7.74. The van der Waals surface area contributed by atoms with Crippen molar-refractivity contribution in [2.24, 2.45) is 0 Å². The molecule has 0 aliphatic heterocycles. The number of hydrogen-bond donors (Lipinski definition) is 1. The molecule has 1 N–H and O–H groups in total. The molecule has 5 heteroatoms. The zero-order chi connectivity index (χ0) is 14.2. The molecule has 0 fully saturated rings. The molecular weight excluding hydrogens is 302 g/mol. The van der Waals surface area contributed by atoms with Gasteiger partial charge in [0, 0.05) is 22.8 Å². The number of benzene rings is 1. The Bertz CT molecular complexity index is 925. The first-order valence-corrected chi connectivity index (χ1v) is 7.88. The maximum absolute atomic E-state index is 5.98. The van der Waals surface area contributed by atoms with Gasteiger partial charge in [0.05, 0.1) is 17.3 Å². The molecule has 0 radical (unpaired) electrons. The number of nitrogens with zero attached hydrogens (tertiary/aromatic N) is 2. The molecule has 3 aromatic heterocycles. The third kappa shape index (κ3) is 2.48. The molecule has 1 aromatic carbocycles. The summed E-state index contributed by atoms with van der Waals surface area (Å²) in [5.41, 5.74) is 3.00. The van der Waals surface area contributed by atoms with Crippen LogP contribution in [0.2, 0.25) is 5.02 Å². The Morgan fingerprint density at radius 3 is 3.05 bits per heavy atom. The van der Waals surface area contributed by atoms with Gasteiger partial charge in [-0.15, -0.1) is 11.3 Å². The number of fused-ring (bicyclic) bond motifs is 2. The van der Waals surface area contributed by atoms with Crippen molar-refractivity contribution >= 4 is 44.4 Å². The molecule has 0 aliphatic rings. The van der Waals surface area contributed by atoms with Crippen LogP contribution in [0.25, 0.3) is 15.7 Å². The largest absolute Gasteiger partial charge is 0.379 e. The highest BCUT2D eigenvalue weighted by atomic mass is 35.5. The number of thiophene rings is 1. The number of nitrogens with one attached hydrogen (secondary N) is 1. The summed E-state index contributed by atoms with van der Waals surface area (Å²) in [4.78, 5) is 4.57. The summed E-state index contributed by atoms with van der Waals surface area (Å²) in [5, 5.41) is 7.51. The molecule has 0 unspecified atom stereocenters. The van der Waals surface area contributed by atoms with E-state index in [1.165, 1.54) is 10.1 Å². The predicted octanol–water partition coefficient (Wildman–Crippen LogP) is 4.81. The van der Waals surface area contributed by atoms with E-state index < -0.39 is 0 Å². The average molecular weight is 314 g/mol. The minimum absolute atomic E-state index is 0.689. The third-order valence-corrected chi connectivity index (χ3v) is 4.51. The molecule has 0 bridgehead atoms. The quantitative estimate of drug-likeness (QED) is 0.588. The summed E-state index contributed by atoms with van der Waals surface area (Å²) in [6.45, 7) is 0.689. The molecule has 0 atom stereocenters. The van der Waals surface area contributed by atoms with Crippen molar-refractivity contribution in [3.63, 3.8) is 0 Å². The Hall–Kier alpha value is -2.04. The van der Waals surface area contributed by atoms with E-state index in [1.807, 2.05) is 28.9 Å². The van der Waals surface area contributed by atoms with Crippen LogP contribution < -0.4 is 5.32 Å². The van der Waals surface area contributed by atoms with Gasteiger partial charge in [0.2, 0.25) is 0 Å². The maximum atomic E-state index is 5.98. The topological polar surface area (TPSA) is 29.3 Å². The highest BCUT2D eigenvalue weighted by Crippen LogP contribution is 2.24. The number of rotatable bonds is 3. The van der Waals surface area contributed by atoms with E-state index in [0.29, 0.717) is 11.6 Å². The Morgan fingerprint density at radius 2 is 2.10 bits per heavy atom. The zero-order valence-corrected chi connectivity index (χ0v) is 12.7. The van der Waals surface area contributed by atoms with Gasteiger partial charge in [0.1, 0.15) is 5.65 Å². The third-order valence-electron chi connectivity index (χ3n) is 3.39. The lowest BCUT2D eigenvalue weighted by molar-refractivity contribution is 1.08. The summed E-state index contributed by atoms with van der Waals surface area (Å²) in [6, 6.07) is 12.3. The normalized spacial score (nSPS) is 11.3. The summed E-state index contributed by atoms with van der Waals surface area (Å²) in [6.07, 6.45) is 3.86. The molecule has 104 valence electrons. The molecule has 3 nitrogen and oxygen atoms in total. The number of aromatic nitrogens is 2. The minimum Gasteiger partial charge on any atom is -0.379 e. The Morgan fingerprint density at radius 1 is 1.14 bits per heavy atom. The van der Waals surface area contributed by atoms with Crippen LogP contribution in [0, 0.1) is 0 Å². The van der Waals surface area contributed by atoms with Gasteiger partial charge in [0.25, 0.3) is 0 Å². The summed E-state index contributed by atoms with van der Waals surface area (Å²) < 4.78 is 3.25. The van der Waals surface area contributed by atoms with E-state index in [1.54, 1.807) is 11.3 Å². The Labute approximate surface area is 130 Å². The van der Waals surface area contributed by atoms with Crippen molar-refractivity contribution < 1.29 is 0 Å². The molecule has 4 rings (SSSR count). The van der Waals surface area contributed by atoms with Crippen molar-refractivity contribution in [1.82, 2.24) is 9.38 Å². The van der Waals surface area contributed by atoms with Crippen LogP contribution in [0.4, 0.5) is 5.69 Å². The van der Waals surface area contributed by atoms with E-state index in [4.69, 9.17) is 11.6 Å². The smallest absolute Gasteiger partial charge is 0.137 e. The van der Waals surface area contributed by atoms with E-state index in [2.05, 4.69) is 39.9 Å². The standard InChI is InChI=1S/C16H12ClN3S/c17-12-1-4-16-19-14(10-20(16)9-12)8-18-13-2-3-15-11(7-13)5-6-21-15/h1-7,9-10,18H,8H2. The van der Waals surface area contributed by atoms with Crippen molar-refractivity contribution in [2.75, 3.05) is 5.32 Å². The maximum Gasteiger partial charge on any atom is 0.137 e. The lowest BCUT2D eigenvalue weighted by Gasteiger charge is -2.04. The van der Waals surface area contributed by atoms with Gasteiger partial charge in [-0.1, -0.05) is 11.6 Å². The van der Waals surface area contributed by atoms with E-state index in [-0.39, 0.29) is 0 Å². The fourth-order valence-electron chi connectivity index (χ4n) is 2.37. The number of anilines is 1. The first-order chi connectivity index (χ1) is 10.3. The first-order valence-electron chi connectivity index (χ1n) is 6.62. The fraction of sp³-hybridized carbons (Fsp3) is 0.0625. The van der Waals surface area contributed by atoms with E-state index in [9.17, 15) is 0 Å². The van der Waals surface area contributed by atoms with E-state index >= 15 is 0 Å². The van der Waals surface area contributed by atoms with Crippen LogP contribution in [0.1, 0.15) is 5.69 Å². The van der Waals surface area contributed by atoms with Crippen molar-refractivity contribution in [2.45, 2.75) is 6.54 Å². The monoisotopic (exact) mass is 313 g/mol. The lowest BCUT2D eigenvalue weighted by atomic mass is 10.2. The van der Waals surface area contributed by atoms with Crippen LogP contribution in [0.5, 0.6) is 0 Å². The van der Waals surface area contributed by atoms with Crippen LogP contribution >= 0.6 is 22.9 Å². The first kappa shape index (κ1) is 12.7. The van der Waals surface area contributed by atoms with Gasteiger partial charge in [-0.05, 0) is 47.2 Å². The molecule has 4 aromatic rings. The van der Waals surface area contributed by atoms with Crippen molar-refractivity contribution in [3.8, 4) is 0 Å². The molecule has 3 heterocycles. The molecule has 0 aliphatic carbocycles. The van der Waals surface area contributed by atoms with Gasteiger partial charge in [-0.25, -0.2) is 4.98 Å². The second-order valence-corrected chi connectivity index (χ2v) is 6.26. The van der Waals surface area contributed by atoms with Gasteiger partial charge in [0.15, 0.2) is 0 Å². The summed E-state index contributed by atoms with van der Waals surface area (Å²) in [5.74, 6) is 0. The zero-order valence-electron chi connectivity index (χ0n) is 11.1. The molecular formula is C16H12ClN3S. The second kappa shape index (κ2) is 5.06. The molecule has 0 spiro atoms. The highest BCUT2D eigenvalue weighted by molar-refractivity contribution is 7.17. The molecule has 0 saturated carbocycles.